The molecule has 2 heterocycles. The molecule has 2 aliphatic heterocycles. The third kappa shape index (κ3) is 11.8. The van der Waals surface area contributed by atoms with Crippen LogP contribution in [0.25, 0.3) is 0 Å². The van der Waals surface area contributed by atoms with E-state index in [1.165, 1.54) is 0 Å². The van der Waals surface area contributed by atoms with Crippen molar-refractivity contribution in [2.75, 3.05) is 27.3 Å². The van der Waals surface area contributed by atoms with Crippen LogP contribution in [0.4, 0.5) is 4.79 Å². The molecule has 6 rings (SSSR count). The van der Waals surface area contributed by atoms with Crippen molar-refractivity contribution in [3.05, 3.63) is 131 Å². The maximum absolute atomic E-state index is 13.5. The van der Waals surface area contributed by atoms with Gasteiger partial charge >= 0.3 is 12.1 Å². The summed E-state index contributed by atoms with van der Waals surface area (Å²) in [5.41, 5.74) is 3.66. The molecule has 2 saturated heterocycles. The summed E-state index contributed by atoms with van der Waals surface area (Å²) in [6.07, 6.45) is -0.910. The molecular weight excluding hydrogens is 728 g/mol. The SMILES string of the molecule is COc1ccc(C(c2ccc(OC)cc2)N(CCCC[C@H](NC(=O)OCc2ccccc2)C(=O)OCc2ccccc2)C[C@@H](O)C2C[C@H]3OC(C)(C)O[C@H]3O2)cc1. The molecule has 0 aliphatic carbocycles. The molecular formula is C45H54N2O10. The van der Waals surface area contributed by atoms with Crippen LogP contribution in [0.5, 0.6) is 11.5 Å². The average molecular weight is 783 g/mol. The van der Waals surface area contributed by atoms with Crippen LogP contribution in [-0.4, -0.2) is 85.8 Å². The van der Waals surface area contributed by atoms with Crippen molar-refractivity contribution >= 4 is 12.1 Å². The number of amides is 1. The standard InChI is InChI=1S/C45H54N2O10/c1-45(2)56-40-27-39(55-43(40)57-45)38(48)28-47(41(33-18-22-35(51-3)23-19-33)34-20-24-36(52-4)25-21-34)26-12-11-17-37(42(49)53-29-31-13-7-5-8-14-31)46-44(50)54-30-32-15-9-6-10-16-32/h5-10,13-16,18-25,37-41,43,48H,11-12,17,26-30H2,1-4H3,(H,46,50)/t37-,38+,39?,40+,43+/m0/s1. The summed E-state index contributed by atoms with van der Waals surface area (Å²) < 4.78 is 40.3. The second kappa shape index (κ2) is 19.9. The van der Waals surface area contributed by atoms with Crippen molar-refractivity contribution in [2.24, 2.45) is 0 Å². The molecule has 4 aromatic rings. The van der Waals surface area contributed by atoms with Crippen LogP contribution in [0.3, 0.4) is 0 Å². The summed E-state index contributed by atoms with van der Waals surface area (Å²) >= 11 is 0. The number of esters is 1. The fourth-order valence-electron chi connectivity index (χ4n) is 7.30. The second-order valence-corrected chi connectivity index (χ2v) is 14.8. The zero-order valence-corrected chi connectivity index (χ0v) is 33.1. The first-order valence-electron chi connectivity index (χ1n) is 19.5. The predicted molar refractivity (Wildman–Crippen MR) is 212 cm³/mol. The largest absolute Gasteiger partial charge is 0.497 e. The molecule has 0 radical (unpaired) electrons. The fraction of sp³-hybridized carbons (Fsp3) is 0.422. The van der Waals surface area contributed by atoms with Gasteiger partial charge in [-0.1, -0.05) is 84.9 Å². The average Bonchev–Trinajstić information content (AvgIpc) is 3.75. The van der Waals surface area contributed by atoms with Gasteiger partial charge in [0, 0.05) is 13.0 Å². The van der Waals surface area contributed by atoms with E-state index in [4.69, 9.17) is 33.2 Å². The summed E-state index contributed by atoms with van der Waals surface area (Å²) in [6.45, 7) is 4.65. The lowest BCUT2D eigenvalue weighted by Gasteiger charge is -2.35. The molecule has 0 bridgehead atoms. The highest BCUT2D eigenvalue weighted by molar-refractivity contribution is 5.81. The number of carbonyl (C=O) groups excluding carboxylic acids is 2. The van der Waals surface area contributed by atoms with E-state index in [-0.39, 0.29) is 31.9 Å². The number of unbranched alkanes of at least 4 members (excludes halogenated alkanes) is 1. The predicted octanol–water partition coefficient (Wildman–Crippen LogP) is 6.93. The number of carbonyl (C=O) groups is 2. The van der Waals surface area contributed by atoms with Crippen LogP contribution in [0.1, 0.15) is 67.8 Å². The number of hydrogen-bond acceptors (Lipinski definition) is 11. The van der Waals surface area contributed by atoms with E-state index in [1.807, 2.05) is 123 Å². The zero-order chi connectivity index (χ0) is 40.2. The van der Waals surface area contributed by atoms with Gasteiger partial charge < -0.3 is 43.6 Å². The highest BCUT2D eigenvalue weighted by atomic mass is 16.8. The lowest BCUT2D eigenvalue weighted by atomic mass is 9.95. The molecule has 2 fully saturated rings. The summed E-state index contributed by atoms with van der Waals surface area (Å²) in [7, 11) is 3.26. The smallest absolute Gasteiger partial charge is 0.408 e. The third-order valence-electron chi connectivity index (χ3n) is 10.2. The molecule has 304 valence electrons. The monoisotopic (exact) mass is 782 g/mol. The van der Waals surface area contributed by atoms with Gasteiger partial charge in [-0.05, 0) is 86.2 Å². The maximum Gasteiger partial charge on any atom is 0.408 e. The number of nitrogens with zero attached hydrogens (tertiary/aromatic N) is 1. The number of nitrogens with one attached hydrogen (secondary N) is 1. The molecule has 5 atom stereocenters. The second-order valence-electron chi connectivity index (χ2n) is 14.8. The van der Waals surface area contributed by atoms with E-state index in [2.05, 4.69) is 10.2 Å². The van der Waals surface area contributed by atoms with Crippen molar-refractivity contribution in [3.8, 4) is 11.5 Å². The van der Waals surface area contributed by atoms with Gasteiger partial charge in [-0.25, -0.2) is 9.59 Å². The van der Waals surface area contributed by atoms with Crippen LogP contribution < -0.4 is 14.8 Å². The Kier molecular flexibility index (Phi) is 14.6. The van der Waals surface area contributed by atoms with Gasteiger partial charge in [0.25, 0.3) is 0 Å². The third-order valence-corrected chi connectivity index (χ3v) is 10.2. The van der Waals surface area contributed by atoms with Crippen molar-refractivity contribution < 1.29 is 47.9 Å². The quantitative estimate of drug-likeness (QED) is 0.0758. The lowest BCUT2D eigenvalue weighted by molar-refractivity contribution is -0.214. The molecule has 2 aliphatic rings. The molecule has 0 aromatic heterocycles. The number of ether oxygens (including phenoxy) is 7. The van der Waals surface area contributed by atoms with Gasteiger partial charge in [0.15, 0.2) is 12.1 Å². The molecule has 2 N–H and O–H groups in total. The molecule has 0 spiro atoms. The van der Waals surface area contributed by atoms with Gasteiger partial charge in [0.1, 0.15) is 36.9 Å². The normalized spacial score (nSPS) is 19.5. The summed E-state index contributed by atoms with van der Waals surface area (Å²) in [5, 5.41) is 14.5. The van der Waals surface area contributed by atoms with E-state index in [9.17, 15) is 14.7 Å². The van der Waals surface area contributed by atoms with Crippen LogP contribution >= 0.6 is 0 Å². The Labute approximate surface area is 334 Å². The molecule has 12 heteroatoms. The number of rotatable bonds is 19. The van der Waals surface area contributed by atoms with Gasteiger partial charge in [0.2, 0.25) is 0 Å². The number of benzene rings is 4. The zero-order valence-electron chi connectivity index (χ0n) is 33.1. The minimum Gasteiger partial charge on any atom is -0.497 e. The van der Waals surface area contributed by atoms with Gasteiger partial charge in [-0.3, -0.25) is 4.90 Å². The Hall–Kier alpha value is -4.98. The van der Waals surface area contributed by atoms with E-state index < -0.39 is 42.4 Å². The van der Waals surface area contributed by atoms with Crippen LogP contribution in [0, 0.1) is 0 Å². The molecule has 1 amide bonds. The number of aliphatic hydroxyl groups is 1. The lowest BCUT2D eigenvalue weighted by Crippen LogP contribution is -2.43. The highest BCUT2D eigenvalue weighted by Crippen LogP contribution is 2.39. The van der Waals surface area contributed by atoms with Crippen molar-refractivity contribution in [1.29, 1.82) is 0 Å². The van der Waals surface area contributed by atoms with Gasteiger partial charge in [-0.2, -0.15) is 0 Å². The Bertz CT molecular complexity index is 1780. The number of methoxy groups -OCH3 is 2. The van der Waals surface area contributed by atoms with Gasteiger partial charge in [-0.15, -0.1) is 0 Å². The molecule has 0 saturated carbocycles. The molecule has 12 nitrogen and oxygen atoms in total. The van der Waals surface area contributed by atoms with Crippen molar-refractivity contribution in [3.63, 3.8) is 0 Å². The Morgan fingerprint density at radius 3 is 1.89 bits per heavy atom. The summed E-state index contributed by atoms with van der Waals surface area (Å²) in [5.74, 6) is 0.165. The van der Waals surface area contributed by atoms with E-state index in [0.717, 1.165) is 33.8 Å². The number of hydrogen-bond donors (Lipinski definition) is 2. The fourth-order valence-corrected chi connectivity index (χ4v) is 7.30. The molecule has 1 unspecified atom stereocenters. The Morgan fingerprint density at radius 1 is 0.789 bits per heavy atom. The maximum atomic E-state index is 13.5. The first kappa shape index (κ1) is 41.6. The van der Waals surface area contributed by atoms with E-state index >= 15 is 0 Å². The van der Waals surface area contributed by atoms with Crippen LogP contribution in [0.15, 0.2) is 109 Å². The Morgan fingerprint density at radius 2 is 1.35 bits per heavy atom. The van der Waals surface area contributed by atoms with Gasteiger partial charge in [0.05, 0.1) is 32.5 Å². The molecule has 57 heavy (non-hydrogen) atoms. The van der Waals surface area contributed by atoms with E-state index in [0.29, 0.717) is 32.2 Å². The van der Waals surface area contributed by atoms with Crippen molar-refractivity contribution in [1.82, 2.24) is 10.2 Å². The number of alkyl carbamates (subject to hydrolysis) is 1. The first-order valence-corrected chi connectivity index (χ1v) is 19.5. The Balaban J connectivity index is 1.18. The minimum atomic E-state index is -0.939. The van der Waals surface area contributed by atoms with Crippen LogP contribution in [0.2, 0.25) is 0 Å². The van der Waals surface area contributed by atoms with Crippen LogP contribution in [-0.2, 0) is 41.7 Å². The van der Waals surface area contributed by atoms with Crippen molar-refractivity contribution in [2.45, 2.75) is 95.2 Å². The summed E-state index contributed by atoms with van der Waals surface area (Å²) in [6, 6.07) is 33.3. The van der Waals surface area contributed by atoms with E-state index in [1.54, 1.807) is 14.2 Å². The highest BCUT2D eigenvalue weighted by Gasteiger charge is 2.50. The minimum absolute atomic E-state index is 0.0655. The summed E-state index contributed by atoms with van der Waals surface area (Å²) in [4.78, 5) is 28.7. The topological polar surface area (TPSA) is 134 Å². The first-order chi connectivity index (χ1) is 27.6. The number of fused-ring (bicyclic) bond motifs is 1. The number of aliphatic hydroxyl groups excluding tert-OH is 1. The molecule has 4 aromatic carbocycles.